The van der Waals surface area contributed by atoms with Gasteiger partial charge in [0.1, 0.15) is 0 Å². The second-order valence-electron chi connectivity index (χ2n) is 4.41. The molecule has 1 aromatic rings. The Balaban J connectivity index is 3.24. The lowest BCUT2D eigenvalue weighted by molar-refractivity contribution is 0.792. The molecule has 0 nitrogen and oxygen atoms in total. The lowest BCUT2D eigenvalue weighted by atomic mass is 10.0. The van der Waals surface area contributed by atoms with Crippen LogP contribution in [0.4, 0.5) is 0 Å². The van der Waals surface area contributed by atoms with E-state index in [4.69, 9.17) is 0 Å². The highest BCUT2D eigenvalue weighted by molar-refractivity contribution is 5.44. The Kier molecular flexibility index (Phi) is 5.48. The van der Waals surface area contributed by atoms with Crippen molar-refractivity contribution in [2.45, 2.75) is 27.7 Å². The van der Waals surface area contributed by atoms with E-state index in [1.165, 1.54) is 16.0 Å². The normalized spacial score (nSPS) is 15.2. The van der Waals surface area contributed by atoms with Crippen LogP contribution >= 0.6 is 0 Å². The molecule has 0 aliphatic heterocycles. The molecule has 0 bridgehead atoms. The van der Waals surface area contributed by atoms with E-state index in [1.54, 1.807) is 0 Å². The summed E-state index contributed by atoms with van der Waals surface area (Å²) in [6.07, 6.45) is 10.8. The molecule has 0 atom stereocenters. The van der Waals surface area contributed by atoms with Gasteiger partial charge in [-0.25, -0.2) is 0 Å². The second kappa shape index (κ2) is 6.90. The van der Waals surface area contributed by atoms with Crippen molar-refractivity contribution < 1.29 is 0 Å². The number of allylic oxidation sites excluding steroid dienone is 4. The van der Waals surface area contributed by atoms with Crippen molar-refractivity contribution in [1.29, 1.82) is 0 Å². The summed E-state index contributed by atoms with van der Waals surface area (Å²) in [5, 5.41) is 2.56. The molecule has 0 radical (unpaired) electrons. The Morgan fingerprint density at radius 2 is 1.71 bits per heavy atom. The molecule has 0 aliphatic carbocycles. The molecule has 0 unspecified atom stereocenters. The van der Waals surface area contributed by atoms with Gasteiger partial charge in [0.05, 0.1) is 0 Å². The molecule has 0 fully saturated rings. The smallest absolute Gasteiger partial charge is 0.0187 e. The van der Waals surface area contributed by atoms with Crippen LogP contribution in [0.2, 0.25) is 0 Å². The van der Waals surface area contributed by atoms with Gasteiger partial charge in [-0.2, -0.15) is 0 Å². The number of benzene rings is 1. The minimum Gasteiger partial charge on any atom is -0.0874 e. The third kappa shape index (κ3) is 4.07. The molecule has 0 heteroatoms. The summed E-state index contributed by atoms with van der Waals surface area (Å²) in [6, 6.07) is 8.45. The Labute approximate surface area is 105 Å². The van der Waals surface area contributed by atoms with Gasteiger partial charge in [0.2, 0.25) is 0 Å². The molecule has 90 valence electrons. The average Bonchev–Trinajstić information content (AvgIpc) is 2.34. The fourth-order valence-electron chi connectivity index (χ4n) is 1.74. The summed E-state index contributed by atoms with van der Waals surface area (Å²) in [5.74, 6) is 0.556. The van der Waals surface area contributed by atoms with E-state index in [-0.39, 0.29) is 0 Å². The molecule has 0 spiro atoms. The third-order valence-electron chi connectivity index (χ3n) is 2.79. The van der Waals surface area contributed by atoms with Crippen LogP contribution in [0, 0.1) is 5.92 Å². The highest BCUT2D eigenvalue weighted by Crippen LogP contribution is 2.10. The second-order valence-corrected chi connectivity index (χ2v) is 4.41. The molecule has 0 aromatic heterocycles. The van der Waals surface area contributed by atoms with E-state index in [0.717, 1.165) is 0 Å². The quantitative estimate of drug-likeness (QED) is 0.693. The molecule has 1 aromatic carbocycles. The molecule has 0 amide bonds. The largest absolute Gasteiger partial charge is 0.0874 e. The van der Waals surface area contributed by atoms with Crippen molar-refractivity contribution in [1.82, 2.24) is 0 Å². The van der Waals surface area contributed by atoms with E-state index in [2.05, 4.69) is 82.3 Å². The third-order valence-corrected chi connectivity index (χ3v) is 2.79. The molecule has 0 saturated heterocycles. The minimum atomic E-state index is 0.556. The van der Waals surface area contributed by atoms with Crippen LogP contribution in [-0.2, 0) is 0 Å². The van der Waals surface area contributed by atoms with E-state index in [0.29, 0.717) is 5.92 Å². The van der Waals surface area contributed by atoms with Crippen LogP contribution in [-0.4, -0.2) is 0 Å². The van der Waals surface area contributed by atoms with Gasteiger partial charge in [0, 0.05) is 0 Å². The minimum absolute atomic E-state index is 0.556. The van der Waals surface area contributed by atoms with Crippen molar-refractivity contribution in [3.05, 3.63) is 58.5 Å². The first-order valence-corrected chi connectivity index (χ1v) is 6.25. The van der Waals surface area contributed by atoms with Crippen molar-refractivity contribution in [3.8, 4) is 0 Å². The van der Waals surface area contributed by atoms with Gasteiger partial charge in [0.25, 0.3) is 0 Å². The van der Waals surface area contributed by atoms with E-state index >= 15 is 0 Å². The van der Waals surface area contributed by atoms with Crippen molar-refractivity contribution in [2.24, 2.45) is 5.92 Å². The predicted molar refractivity (Wildman–Crippen MR) is 78.0 cm³/mol. The highest BCUT2D eigenvalue weighted by Gasteiger charge is 1.96. The van der Waals surface area contributed by atoms with Gasteiger partial charge >= 0.3 is 0 Å². The van der Waals surface area contributed by atoms with Crippen LogP contribution < -0.4 is 10.4 Å². The molecular weight excluding hydrogens is 204 g/mol. The molecule has 0 saturated carbocycles. The number of hydrogen-bond donors (Lipinski definition) is 0. The zero-order valence-electron chi connectivity index (χ0n) is 11.3. The maximum atomic E-state index is 2.22. The van der Waals surface area contributed by atoms with Crippen LogP contribution in [0.15, 0.2) is 48.1 Å². The first-order chi connectivity index (χ1) is 8.19. The van der Waals surface area contributed by atoms with E-state index in [1.807, 2.05) is 0 Å². The van der Waals surface area contributed by atoms with Gasteiger partial charge in [-0.1, -0.05) is 68.5 Å². The van der Waals surface area contributed by atoms with Crippen LogP contribution in [0.1, 0.15) is 27.7 Å². The van der Waals surface area contributed by atoms with Crippen molar-refractivity contribution in [2.75, 3.05) is 0 Å². The Bertz CT molecular complexity index is 513. The van der Waals surface area contributed by atoms with Gasteiger partial charge < -0.3 is 0 Å². The lowest BCUT2D eigenvalue weighted by Gasteiger charge is -2.04. The summed E-state index contributed by atoms with van der Waals surface area (Å²) in [4.78, 5) is 0. The fraction of sp³-hybridized carbons (Fsp3) is 0.294. The fourth-order valence-corrected chi connectivity index (χ4v) is 1.74. The first kappa shape index (κ1) is 13.5. The summed E-state index contributed by atoms with van der Waals surface area (Å²) in [6.45, 7) is 8.57. The van der Waals surface area contributed by atoms with E-state index in [9.17, 15) is 0 Å². The first-order valence-electron chi connectivity index (χ1n) is 6.25. The Morgan fingerprint density at radius 1 is 1.06 bits per heavy atom. The molecule has 0 heterocycles. The maximum absolute atomic E-state index is 2.22. The van der Waals surface area contributed by atoms with Gasteiger partial charge in [0.15, 0.2) is 0 Å². The number of rotatable bonds is 3. The highest BCUT2D eigenvalue weighted by atomic mass is 14.0. The van der Waals surface area contributed by atoms with E-state index < -0.39 is 0 Å². The Morgan fingerprint density at radius 3 is 2.24 bits per heavy atom. The van der Waals surface area contributed by atoms with Crippen LogP contribution in [0.3, 0.4) is 0 Å². The van der Waals surface area contributed by atoms with Gasteiger partial charge in [-0.15, -0.1) is 0 Å². The van der Waals surface area contributed by atoms with Crippen molar-refractivity contribution >= 4 is 12.2 Å². The SMILES string of the molecule is C\C=C/C(=C\C=c1\cccc\c1=C\C)C(C)C. The lowest BCUT2D eigenvalue weighted by Crippen LogP contribution is -2.22. The van der Waals surface area contributed by atoms with Crippen LogP contribution in [0.25, 0.3) is 12.2 Å². The van der Waals surface area contributed by atoms with Crippen LogP contribution in [0.5, 0.6) is 0 Å². The molecule has 17 heavy (non-hydrogen) atoms. The molecular formula is C17H22. The average molecular weight is 226 g/mol. The molecule has 0 aliphatic rings. The zero-order chi connectivity index (χ0) is 12.7. The number of hydrogen-bond acceptors (Lipinski definition) is 0. The summed E-state index contributed by atoms with van der Waals surface area (Å²) in [7, 11) is 0. The summed E-state index contributed by atoms with van der Waals surface area (Å²) >= 11 is 0. The molecule has 0 N–H and O–H groups in total. The molecule has 1 rings (SSSR count). The summed E-state index contributed by atoms with van der Waals surface area (Å²) < 4.78 is 0. The monoisotopic (exact) mass is 226 g/mol. The van der Waals surface area contributed by atoms with Gasteiger partial charge in [-0.05, 0) is 35.8 Å². The topological polar surface area (TPSA) is 0 Å². The van der Waals surface area contributed by atoms with Gasteiger partial charge in [-0.3, -0.25) is 0 Å². The standard InChI is InChI=1S/C17H22/c1-5-9-16(14(3)4)12-13-17-11-8-7-10-15(17)6-2/h5-14H,1-4H3/b9-5-,15-6-,16-12+,17-13-. The summed E-state index contributed by atoms with van der Waals surface area (Å²) in [5.41, 5.74) is 1.36. The van der Waals surface area contributed by atoms with Crippen molar-refractivity contribution in [3.63, 3.8) is 0 Å². The Hall–Kier alpha value is -1.56. The maximum Gasteiger partial charge on any atom is -0.0187 e. The zero-order valence-corrected chi connectivity index (χ0v) is 11.3. The predicted octanol–water partition coefficient (Wildman–Crippen LogP) is 3.43.